The molecular weight excluding hydrogens is 468 g/mol. The van der Waals surface area contributed by atoms with Crippen LogP contribution in [0.4, 0.5) is 5.69 Å². The van der Waals surface area contributed by atoms with Crippen molar-refractivity contribution in [2.45, 2.75) is 24.3 Å². The molecule has 7 rings (SSSR count). The van der Waals surface area contributed by atoms with Gasteiger partial charge in [-0.15, -0.1) is 6.58 Å². The summed E-state index contributed by atoms with van der Waals surface area (Å²) in [7, 11) is 2.03. The van der Waals surface area contributed by atoms with Crippen LogP contribution < -0.4 is 4.90 Å². The smallest absolute Gasteiger partial charge is 0.253 e. The van der Waals surface area contributed by atoms with Crippen LogP contribution in [0.15, 0.2) is 104 Å². The zero-order valence-corrected chi connectivity index (χ0v) is 21.6. The molecule has 188 valence electrons. The third kappa shape index (κ3) is 2.68. The van der Waals surface area contributed by atoms with Gasteiger partial charge in [0.1, 0.15) is 5.54 Å². The van der Waals surface area contributed by atoms with Gasteiger partial charge in [-0.1, -0.05) is 91.0 Å². The van der Waals surface area contributed by atoms with Gasteiger partial charge in [-0.25, -0.2) is 0 Å². The van der Waals surface area contributed by atoms with E-state index in [-0.39, 0.29) is 17.6 Å². The Balaban J connectivity index is 1.57. The van der Waals surface area contributed by atoms with Crippen LogP contribution in [0.3, 0.4) is 0 Å². The minimum atomic E-state index is -1.10. The number of fused-ring (bicyclic) bond motifs is 5. The van der Waals surface area contributed by atoms with Crippen LogP contribution in [0.2, 0.25) is 0 Å². The lowest BCUT2D eigenvalue weighted by molar-refractivity contribution is -0.132. The first-order valence-corrected chi connectivity index (χ1v) is 13.4. The Morgan fingerprint density at radius 2 is 1.66 bits per heavy atom. The van der Waals surface area contributed by atoms with Crippen molar-refractivity contribution >= 4 is 28.2 Å². The van der Waals surface area contributed by atoms with E-state index in [1.165, 1.54) is 0 Å². The van der Waals surface area contributed by atoms with Crippen molar-refractivity contribution in [1.29, 1.82) is 0 Å². The zero-order chi connectivity index (χ0) is 26.1. The average Bonchev–Trinajstić information content (AvgIpc) is 3.36. The van der Waals surface area contributed by atoms with Crippen LogP contribution in [0.25, 0.3) is 10.8 Å². The Bertz CT molecular complexity index is 1640. The molecule has 0 aromatic heterocycles. The summed E-state index contributed by atoms with van der Waals surface area (Å²) in [6.07, 6.45) is 3.15. The van der Waals surface area contributed by atoms with Crippen LogP contribution in [-0.4, -0.2) is 36.7 Å². The van der Waals surface area contributed by atoms with E-state index in [1.54, 1.807) is 6.08 Å². The highest BCUT2D eigenvalue weighted by Gasteiger charge is 2.75. The third-order valence-corrected chi connectivity index (χ3v) is 9.38. The number of Topliss-reactive ketones (excluding diaryl/α,β-unsaturated/α-hetero) is 1. The number of para-hydroxylation sites is 1. The number of carbonyl (C=O) groups is 2. The Labute approximate surface area is 223 Å². The number of likely N-dealkylation sites (N-methyl/N-ethyl adjacent to an activating group) is 1. The highest BCUT2D eigenvalue weighted by molar-refractivity contribution is 6.16. The predicted molar refractivity (Wildman–Crippen MR) is 152 cm³/mol. The van der Waals surface area contributed by atoms with Crippen LogP contribution in [0, 0.1) is 5.41 Å². The van der Waals surface area contributed by atoms with E-state index in [2.05, 4.69) is 66.1 Å². The second-order valence-corrected chi connectivity index (χ2v) is 10.9. The quantitative estimate of drug-likeness (QED) is 0.320. The molecule has 0 unspecified atom stereocenters. The van der Waals surface area contributed by atoms with Gasteiger partial charge < -0.3 is 4.90 Å². The summed E-state index contributed by atoms with van der Waals surface area (Å²) in [5, 5.41) is 2.30. The molecule has 0 N–H and O–H groups in total. The Kier molecular flexibility index (Phi) is 5.01. The first-order chi connectivity index (χ1) is 18.6. The monoisotopic (exact) mass is 498 g/mol. The van der Waals surface area contributed by atoms with Crippen molar-refractivity contribution in [1.82, 2.24) is 4.90 Å². The van der Waals surface area contributed by atoms with Gasteiger partial charge >= 0.3 is 0 Å². The molecule has 2 spiro atoms. The van der Waals surface area contributed by atoms with E-state index in [0.29, 0.717) is 19.5 Å². The number of nitrogens with zero attached hydrogens (tertiary/aromatic N) is 2. The van der Waals surface area contributed by atoms with Crippen molar-refractivity contribution in [3.8, 4) is 0 Å². The number of benzene rings is 4. The van der Waals surface area contributed by atoms with Crippen molar-refractivity contribution < 1.29 is 9.59 Å². The summed E-state index contributed by atoms with van der Waals surface area (Å²) in [5.74, 6) is -0.0815. The van der Waals surface area contributed by atoms with E-state index in [0.717, 1.165) is 45.1 Å². The van der Waals surface area contributed by atoms with Gasteiger partial charge in [-0.05, 0) is 47.9 Å². The van der Waals surface area contributed by atoms with Gasteiger partial charge in [-0.3, -0.25) is 14.5 Å². The molecule has 2 heterocycles. The molecule has 1 saturated heterocycles. The number of rotatable bonds is 3. The maximum absolute atomic E-state index is 15.1. The summed E-state index contributed by atoms with van der Waals surface area (Å²) in [4.78, 5) is 33.9. The molecule has 4 nitrogen and oxygen atoms in total. The Hall–Kier alpha value is -4.02. The standard InChI is InChI=1S/C34H30N2O2/c1-3-21-36-30-18-9-8-17-28(30)34(32(36)38)33(20-19-24-12-5-7-15-26(24)31(33)37)29(22-35(34)2)27-16-10-13-23-11-4-6-14-25(23)27/h3-18,29H,1,19-22H2,2H3/t29-,33+,34+/m0/s1. The first kappa shape index (κ1) is 23.1. The van der Waals surface area contributed by atoms with E-state index in [1.807, 2.05) is 48.3 Å². The SMILES string of the molecule is C=CCN1C(=O)[C@@]2(c3ccccc31)N(C)C[C@@H](c1cccc3ccccc13)[C@@]21CCc2ccccc2C1=O. The van der Waals surface area contributed by atoms with Gasteiger partial charge in [0.25, 0.3) is 5.91 Å². The van der Waals surface area contributed by atoms with Gasteiger partial charge in [0, 0.05) is 35.8 Å². The maximum atomic E-state index is 15.1. The normalized spacial score (nSPS) is 26.3. The van der Waals surface area contributed by atoms with Gasteiger partial charge in [-0.2, -0.15) is 0 Å². The van der Waals surface area contributed by atoms with Crippen molar-refractivity contribution in [3.05, 3.63) is 126 Å². The second-order valence-electron chi connectivity index (χ2n) is 10.9. The van der Waals surface area contributed by atoms with Crippen LogP contribution in [0.1, 0.15) is 39.4 Å². The molecule has 3 atom stereocenters. The maximum Gasteiger partial charge on any atom is 0.253 e. The lowest BCUT2D eigenvalue weighted by atomic mass is 9.53. The van der Waals surface area contributed by atoms with Crippen LogP contribution in [-0.2, 0) is 16.8 Å². The summed E-state index contributed by atoms with van der Waals surface area (Å²) < 4.78 is 0. The summed E-state index contributed by atoms with van der Waals surface area (Å²) >= 11 is 0. The number of aryl methyl sites for hydroxylation is 1. The number of hydrogen-bond acceptors (Lipinski definition) is 3. The third-order valence-electron chi connectivity index (χ3n) is 9.38. The average molecular weight is 499 g/mol. The van der Waals surface area contributed by atoms with E-state index in [4.69, 9.17) is 0 Å². The Morgan fingerprint density at radius 1 is 0.921 bits per heavy atom. The molecule has 1 fully saturated rings. The molecule has 38 heavy (non-hydrogen) atoms. The second kappa shape index (κ2) is 8.24. The van der Waals surface area contributed by atoms with Crippen LogP contribution >= 0.6 is 0 Å². The van der Waals surface area contributed by atoms with Crippen LogP contribution in [0.5, 0.6) is 0 Å². The highest BCUT2D eigenvalue weighted by Crippen LogP contribution is 2.67. The molecule has 4 heteroatoms. The lowest BCUT2D eigenvalue weighted by Crippen LogP contribution is -2.61. The largest absolute Gasteiger partial charge is 0.306 e. The minimum Gasteiger partial charge on any atom is -0.306 e. The molecule has 0 bridgehead atoms. The van der Waals surface area contributed by atoms with Crippen molar-refractivity contribution in [2.75, 3.05) is 25.0 Å². The number of likely N-dealkylation sites (tertiary alicyclic amines) is 1. The summed E-state index contributed by atoms with van der Waals surface area (Å²) in [5.41, 5.74) is 2.74. The Morgan fingerprint density at radius 3 is 2.53 bits per heavy atom. The predicted octanol–water partition coefficient (Wildman–Crippen LogP) is 6.11. The molecule has 3 aliphatic rings. The van der Waals surface area contributed by atoms with Gasteiger partial charge in [0.15, 0.2) is 5.78 Å². The molecular formula is C34H30N2O2. The first-order valence-electron chi connectivity index (χ1n) is 13.4. The fourth-order valence-electron chi connectivity index (χ4n) is 7.95. The molecule has 1 aliphatic carbocycles. The fraction of sp³-hybridized carbons (Fsp3) is 0.235. The van der Waals surface area contributed by atoms with Crippen molar-refractivity contribution in [2.24, 2.45) is 5.41 Å². The molecule has 4 aromatic carbocycles. The molecule has 2 aliphatic heterocycles. The van der Waals surface area contributed by atoms with E-state index >= 15 is 4.79 Å². The van der Waals surface area contributed by atoms with E-state index in [9.17, 15) is 4.79 Å². The number of ketones is 1. The van der Waals surface area contributed by atoms with E-state index < -0.39 is 11.0 Å². The van der Waals surface area contributed by atoms with Crippen molar-refractivity contribution in [3.63, 3.8) is 0 Å². The molecule has 0 radical (unpaired) electrons. The summed E-state index contributed by atoms with van der Waals surface area (Å²) in [6, 6.07) is 30.8. The molecule has 0 saturated carbocycles. The molecule has 1 amide bonds. The zero-order valence-electron chi connectivity index (χ0n) is 21.6. The van der Waals surface area contributed by atoms with Gasteiger partial charge in [0.2, 0.25) is 0 Å². The number of amides is 1. The lowest BCUT2D eigenvalue weighted by Gasteiger charge is -2.48. The fourth-order valence-corrected chi connectivity index (χ4v) is 7.95. The number of hydrogen-bond donors (Lipinski definition) is 0. The summed E-state index contributed by atoms with van der Waals surface area (Å²) in [6.45, 7) is 4.96. The molecule has 4 aromatic rings. The topological polar surface area (TPSA) is 40.6 Å². The number of anilines is 1. The minimum absolute atomic E-state index is 0.0171. The number of carbonyl (C=O) groups excluding carboxylic acids is 2. The highest BCUT2D eigenvalue weighted by atomic mass is 16.2. The van der Waals surface area contributed by atoms with Gasteiger partial charge in [0.05, 0.1) is 5.41 Å².